The number of carbonyl (C=O) groups excluding carboxylic acids is 3. The highest BCUT2D eigenvalue weighted by Gasteiger charge is 2.27. The standard InChI is InChI=1S/C19H23N3O5S/c1-6-27-18(24)14-11(2)15(17(23)22(3)4)28-16(14)21-19(25)20-12-9-7-8-10-13(12)26-5/h7-10H,6H2,1-5H3,(H2,20,21,25). The van der Waals surface area contributed by atoms with Crippen molar-refractivity contribution < 1.29 is 23.9 Å². The number of thiophene rings is 1. The van der Waals surface area contributed by atoms with E-state index in [4.69, 9.17) is 9.47 Å². The maximum atomic E-state index is 12.5. The Morgan fingerprint density at radius 1 is 1.14 bits per heavy atom. The zero-order chi connectivity index (χ0) is 20.8. The fourth-order valence-corrected chi connectivity index (χ4v) is 3.67. The monoisotopic (exact) mass is 405 g/mol. The summed E-state index contributed by atoms with van der Waals surface area (Å²) in [5, 5.41) is 5.56. The molecule has 0 fully saturated rings. The van der Waals surface area contributed by atoms with Gasteiger partial charge in [0, 0.05) is 14.1 Å². The van der Waals surface area contributed by atoms with E-state index in [0.29, 0.717) is 21.9 Å². The van der Waals surface area contributed by atoms with Crippen molar-refractivity contribution >= 4 is 39.9 Å². The molecule has 150 valence electrons. The molecule has 0 radical (unpaired) electrons. The van der Waals surface area contributed by atoms with E-state index in [1.54, 1.807) is 52.2 Å². The number of benzene rings is 1. The van der Waals surface area contributed by atoms with Gasteiger partial charge >= 0.3 is 12.0 Å². The number of para-hydroxylation sites is 2. The minimum absolute atomic E-state index is 0.173. The quantitative estimate of drug-likeness (QED) is 0.716. The first-order valence-corrected chi connectivity index (χ1v) is 9.34. The molecule has 0 unspecified atom stereocenters. The number of urea groups is 1. The largest absolute Gasteiger partial charge is 0.495 e. The molecule has 1 aromatic carbocycles. The van der Waals surface area contributed by atoms with Crippen molar-refractivity contribution in [1.29, 1.82) is 0 Å². The molecule has 28 heavy (non-hydrogen) atoms. The average molecular weight is 405 g/mol. The molecule has 0 bridgehead atoms. The van der Waals surface area contributed by atoms with Crippen LogP contribution in [-0.2, 0) is 4.74 Å². The fourth-order valence-electron chi connectivity index (χ4n) is 2.46. The number of amides is 3. The predicted molar refractivity (Wildman–Crippen MR) is 109 cm³/mol. The highest BCUT2D eigenvalue weighted by Crippen LogP contribution is 2.34. The summed E-state index contributed by atoms with van der Waals surface area (Å²) in [6.07, 6.45) is 0. The van der Waals surface area contributed by atoms with Crippen LogP contribution in [0.3, 0.4) is 0 Å². The Kier molecular flexibility index (Phi) is 7.00. The normalized spacial score (nSPS) is 10.2. The second-order valence-electron chi connectivity index (χ2n) is 5.96. The van der Waals surface area contributed by atoms with Crippen LogP contribution in [-0.4, -0.2) is 50.6 Å². The van der Waals surface area contributed by atoms with Gasteiger partial charge in [-0.1, -0.05) is 12.1 Å². The van der Waals surface area contributed by atoms with E-state index in [1.165, 1.54) is 12.0 Å². The third kappa shape index (κ3) is 4.61. The number of anilines is 2. The lowest BCUT2D eigenvalue weighted by molar-refractivity contribution is 0.0527. The molecular weight excluding hydrogens is 382 g/mol. The Bertz CT molecular complexity index is 892. The smallest absolute Gasteiger partial charge is 0.341 e. The molecule has 0 saturated carbocycles. The van der Waals surface area contributed by atoms with Crippen LogP contribution in [0.2, 0.25) is 0 Å². The number of ether oxygens (including phenoxy) is 2. The lowest BCUT2D eigenvalue weighted by atomic mass is 10.1. The van der Waals surface area contributed by atoms with Crippen molar-refractivity contribution in [2.75, 3.05) is 38.4 Å². The van der Waals surface area contributed by atoms with Crippen LogP contribution < -0.4 is 15.4 Å². The molecule has 0 aliphatic carbocycles. The molecule has 2 aromatic rings. The summed E-state index contributed by atoms with van der Waals surface area (Å²) in [4.78, 5) is 39.1. The van der Waals surface area contributed by atoms with Crippen LogP contribution in [0, 0.1) is 6.92 Å². The number of methoxy groups -OCH3 is 1. The molecule has 3 amide bonds. The third-order valence-electron chi connectivity index (χ3n) is 3.81. The molecule has 0 saturated heterocycles. The number of esters is 1. The maximum absolute atomic E-state index is 12.5. The van der Waals surface area contributed by atoms with Gasteiger partial charge in [-0.2, -0.15) is 0 Å². The Labute approximate surface area is 167 Å². The topological polar surface area (TPSA) is 97.0 Å². The molecule has 1 aromatic heterocycles. The molecule has 8 nitrogen and oxygen atoms in total. The number of rotatable bonds is 6. The van der Waals surface area contributed by atoms with E-state index < -0.39 is 12.0 Å². The lowest BCUT2D eigenvalue weighted by Crippen LogP contribution is -2.21. The van der Waals surface area contributed by atoms with Crippen molar-refractivity contribution in [3.05, 3.63) is 40.3 Å². The first-order chi connectivity index (χ1) is 13.3. The Hall–Kier alpha value is -3.07. The zero-order valence-corrected chi connectivity index (χ0v) is 17.2. The summed E-state index contributed by atoms with van der Waals surface area (Å²) in [5.41, 5.74) is 1.11. The minimum atomic E-state index is -0.596. The third-order valence-corrected chi connectivity index (χ3v) is 5.00. The van der Waals surface area contributed by atoms with E-state index in [9.17, 15) is 14.4 Å². The first kappa shape index (κ1) is 21.2. The van der Waals surface area contributed by atoms with Gasteiger partial charge in [0.25, 0.3) is 5.91 Å². The second-order valence-corrected chi connectivity index (χ2v) is 6.98. The predicted octanol–water partition coefficient (Wildman–Crippen LogP) is 3.59. The van der Waals surface area contributed by atoms with E-state index in [0.717, 1.165) is 11.3 Å². The Morgan fingerprint density at radius 3 is 2.43 bits per heavy atom. The van der Waals surface area contributed by atoms with Crippen molar-refractivity contribution in [2.45, 2.75) is 13.8 Å². The first-order valence-electron chi connectivity index (χ1n) is 8.53. The van der Waals surface area contributed by atoms with Gasteiger partial charge in [0.05, 0.1) is 29.8 Å². The van der Waals surface area contributed by atoms with Crippen molar-refractivity contribution in [2.24, 2.45) is 0 Å². The summed E-state index contributed by atoms with van der Waals surface area (Å²) in [6.45, 7) is 3.52. The van der Waals surface area contributed by atoms with Crippen molar-refractivity contribution in [3.63, 3.8) is 0 Å². The number of nitrogens with zero attached hydrogens (tertiary/aromatic N) is 1. The lowest BCUT2D eigenvalue weighted by Gasteiger charge is -2.11. The molecule has 0 aliphatic heterocycles. The minimum Gasteiger partial charge on any atom is -0.495 e. The average Bonchev–Trinajstić information content (AvgIpc) is 2.97. The van der Waals surface area contributed by atoms with Gasteiger partial charge in [-0.25, -0.2) is 9.59 Å². The number of nitrogens with one attached hydrogen (secondary N) is 2. The molecule has 2 N–H and O–H groups in total. The summed E-state index contributed by atoms with van der Waals surface area (Å²) in [5.74, 6) is -0.359. The summed E-state index contributed by atoms with van der Waals surface area (Å²) in [6, 6.07) is 6.36. The number of hydrogen-bond donors (Lipinski definition) is 2. The van der Waals surface area contributed by atoms with Gasteiger partial charge in [0.15, 0.2) is 0 Å². The highest BCUT2D eigenvalue weighted by molar-refractivity contribution is 7.18. The Balaban J connectivity index is 2.35. The molecule has 2 rings (SSSR count). The number of carbonyl (C=O) groups is 3. The van der Waals surface area contributed by atoms with E-state index in [1.807, 2.05) is 0 Å². The van der Waals surface area contributed by atoms with E-state index in [-0.39, 0.29) is 23.1 Å². The summed E-state index contributed by atoms with van der Waals surface area (Å²) in [7, 11) is 4.74. The van der Waals surface area contributed by atoms with Gasteiger partial charge in [-0.15, -0.1) is 11.3 Å². The molecule has 9 heteroatoms. The van der Waals surface area contributed by atoms with Gasteiger partial charge in [-0.05, 0) is 31.5 Å². The maximum Gasteiger partial charge on any atom is 0.341 e. The molecular formula is C19H23N3O5S. The molecule has 0 atom stereocenters. The second kappa shape index (κ2) is 9.23. The summed E-state index contributed by atoms with van der Waals surface area (Å²) >= 11 is 1.03. The molecule has 1 heterocycles. The molecule has 0 spiro atoms. The van der Waals surface area contributed by atoms with Crippen LogP contribution >= 0.6 is 11.3 Å². The van der Waals surface area contributed by atoms with Crippen LogP contribution in [0.1, 0.15) is 32.5 Å². The van der Waals surface area contributed by atoms with Gasteiger partial charge in [0.1, 0.15) is 10.8 Å². The molecule has 0 aliphatic rings. The van der Waals surface area contributed by atoms with Gasteiger partial charge in [0.2, 0.25) is 0 Å². The van der Waals surface area contributed by atoms with Crippen LogP contribution in [0.5, 0.6) is 5.75 Å². The van der Waals surface area contributed by atoms with Crippen LogP contribution in [0.25, 0.3) is 0 Å². The van der Waals surface area contributed by atoms with E-state index in [2.05, 4.69) is 10.6 Å². The SMILES string of the molecule is CCOC(=O)c1c(NC(=O)Nc2ccccc2OC)sc(C(=O)N(C)C)c1C. The zero-order valence-electron chi connectivity index (χ0n) is 16.4. The highest BCUT2D eigenvalue weighted by atomic mass is 32.1. The van der Waals surface area contributed by atoms with Crippen LogP contribution in [0.15, 0.2) is 24.3 Å². The van der Waals surface area contributed by atoms with Gasteiger partial charge in [-0.3, -0.25) is 10.1 Å². The number of hydrogen-bond acceptors (Lipinski definition) is 6. The Morgan fingerprint density at radius 2 is 1.82 bits per heavy atom. The van der Waals surface area contributed by atoms with Crippen molar-refractivity contribution in [1.82, 2.24) is 4.90 Å². The fraction of sp³-hybridized carbons (Fsp3) is 0.316. The van der Waals surface area contributed by atoms with Crippen LogP contribution in [0.4, 0.5) is 15.5 Å². The summed E-state index contributed by atoms with van der Waals surface area (Å²) < 4.78 is 10.3. The van der Waals surface area contributed by atoms with Crippen molar-refractivity contribution in [3.8, 4) is 5.75 Å². The van der Waals surface area contributed by atoms with Gasteiger partial charge < -0.3 is 19.7 Å². The van der Waals surface area contributed by atoms with E-state index >= 15 is 0 Å².